The molecule has 0 saturated carbocycles. The van der Waals surface area contributed by atoms with Crippen LogP contribution >= 0.6 is 0 Å². The molecule has 1 atom stereocenters. The average molecular weight is 157 g/mol. The molecule has 64 valence electrons. The lowest BCUT2D eigenvalue weighted by molar-refractivity contribution is -0.150. The fourth-order valence-corrected chi connectivity index (χ4v) is 1.60. The third kappa shape index (κ3) is 1.53. The van der Waals surface area contributed by atoms with Crippen molar-refractivity contribution in [3.63, 3.8) is 0 Å². The maximum Gasteiger partial charge on any atom is 0.310 e. The molecule has 1 aliphatic heterocycles. The average Bonchev–Trinajstić information content (AvgIpc) is 2.05. The summed E-state index contributed by atoms with van der Waals surface area (Å²) < 4.78 is 0. The highest BCUT2D eigenvalue weighted by Gasteiger charge is 2.37. The van der Waals surface area contributed by atoms with E-state index in [0.717, 1.165) is 25.8 Å². The standard InChI is InChI=1S/C8H15NO2/c1-2-8(7(10)11)4-3-5-9-6-8/h9H,2-6H2,1H3,(H,10,11)/t8-/m1/s1. The second-order valence-corrected chi connectivity index (χ2v) is 3.22. The lowest BCUT2D eigenvalue weighted by atomic mass is 9.78. The summed E-state index contributed by atoms with van der Waals surface area (Å²) in [6.07, 6.45) is 2.54. The number of carboxylic acid groups (broad SMARTS) is 1. The Morgan fingerprint density at radius 2 is 2.45 bits per heavy atom. The van der Waals surface area contributed by atoms with E-state index in [0.29, 0.717) is 6.54 Å². The molecule has 0 spiro atoms. The SMILES string of the molecule is CC[C@@]1(C(=O)O)CCCNC1. The minimum absolute atomic E-state index is 0.474. The van der Waals surface area contributed by atoms with Gasteiger partial charge in [-0.15, -0.1) is 0 Å². The van der Waals surface area contributed by atoms with Crippen LogP contribution < -0.4 is 5.32 Å². The number of piperidine rings is 1. The molecule has 1 aliphatic rings. The van der Waals surface area contributed by atoms with Crippen molar-refractivity contribution in [2.75, 3.05) is 13.1 Å². The maximum atomic E-state index is 10.9. The predicted octanol–water partition coefficient (Wildman–Crippen LogP) is 0.851. The molecule has 3 nitrogen and oxygen atoms in total. The van der Waals surface area contributed by atoms with Crippen molar-refractivity contribution in [1.82, 2.24) is 5.32 Å². The Morgan fingerprint density at radius 1 is 1.73 bits per heavy atom. The molecule has 1 saturated heterocycles. The van der Waals surface area contributed by atoms with Crippen LogP contribution in [0, 0.1) is 5.41 Å². The van der Waals surface area contributed by atoms with Crippen LogP contribution in [0.25, 0.3) is 0 Å². The van der Waals surface area contributed by atoms with Crippen molar-refractivity contribution >= 4 is 5.97 Å². The third-order valence-corrected chi connectivity index (χ3v) is 2.60. The van der Waals surface area contributed by atoms with E-state index in [2.05, 4.69) is 5.32 Å². The molecule has 0 aliphatic carbocycles. The Morgan fingerprint density at radius 3 is 2.73 bits per heavy atom. The van der Waals surface area contributed by atoms with E-state index in [4.69, 9.17) is 5.11 Å². The molecule has 0 aromatic carbocycles. The largest absolute Gasteiger partial charge is 0.481 e. The first-order valence-electron chi connectivity index (χ1n) is 4.15. The van der Waals surface area contributed by atoms with E-state index >= 15 is 0 Å². The number of nitrogens with one attached hydrogen (secondary N) is 1. The first kappa shape index (κ1) is 8.53. The molecule has 1 heterocycles. The molecule has 0 unspecified atom stereocenters. The van der Waals surface area contributed by atoms with E-state index in [9.17, 15) is 4.79 Å². The summed E-state index contributed by atoms with van der Waals surface area (Å²) >= 11 is 0. The Balaban J connectivity index is 2.64. The lowest BCUT2D eigenvalue weighted by Gasteiger charge is -2.32. The van der Waals surface area contributed by atoms with Gasteiger partial charge in [0.15, 0.2) is 0 Å². The third-order valence-electron chi connectivity index (χ3n) is 2.60. The van der Waals surface area contributed by atoms with E-state index in [-0.39, 0.29) is 0 Å². The molecular formula is C8H15NO2. The van der Waals surface area contributed by atoms with Crippen molar-refractivity contribution in [1.29, 1.82) is 0 Å². The van der Waals surface area contributed by atoms with Crippen molar-refractivity contribution in [2.24, 2.45) is 5.41 Å². The van der Waals surface area contributed by atoms with Gasteiger partial charge in [0.25, 0.3) is 0 Å². The molecule has 0 aromatic heterocycles. The zero-order valence-corrected chi connectivity index (χ0v) is 6.89. The summed E-state index contributed by atoms with van der Waals surface area (Å²) in [5, 5.41) is 12.1. The Labute approximate surface area is 66.8 Å². The molecule has 0 amide bonds. The smallest absolute Gasteiger partial charge is 0.310 e. The van der Waals surface area contributed by atoms with Crippen LogP contribution in [0.2, 0.25) is 0 Å². The summed E-state index contributed by atoms with van der Waals surface area (Å²) in [5.74, 6) is -0.646. The van der Waals surface area contributed by atoms with Gasteiger partial charge in [-0.05, 0) is 25.8 Å². The number of carbonyl (C=O) groups is 1. The maximum absolute atomic E-state index is 10.9. The van der Waals surface area contributed by atoms with Crippen molar-refractivity contribution in [3.05, 3.63) is 0 Å². The van der Waals surface area contributed by atoms with Gasteiger partial charge in [0.05, 0.1) is 5.41 Å². The first-order valence-corrected chi connectivity index (χ1v) is 4.15. The van der Waals surface area contributed by atoms with Crippen LogP contribution in [-0.4, -0.2) is 24.2 Å². The van der Waals surface area contributed by atoms with Gasteiger partial charge in [-0.1, -0.05) is 6.92 Å². The van der Waals surface area contributed by atoms with Gasteiger partial charge >= 0.3 is 5.97 Å². The van der Waals surface area contributed by atoms with Crippen molar-refractivity contribution in [2.45, 2.75) is 26.2 Å². The van der Waals surface area contributed by atoms with Crippen LogP contribution in [0.4, 0.5) is 0 Å². The van der Waals surface area contributed by atoms with Gasteiger partial charge < -0.3 is 10.4 Å². The highest BCUT2D eigenvalue weighted by molar-refractivity contribution is 5.75. The van der Waals surface area contributed by atoms with E-state index in [1.807, 2.05) is 6.92 Å². The number of hydrogen-bond acceptors (Lipinski definition) is 2. The Hall–Kier alpha value is -0.570. The zero-order chi connectivity index (χ0) is 8.32. The molecule has 0 aromatic rings. The fourth-order valence-electron chi connectivity index (χ4n) is 1.60. The van der Waals surface area contributed by atoms with E-state index in [1.165, 1.54) is 0 Å². The Kier molecular flexibility index (Phi) is 2.49. The van der Waals surface area contributed by atoms with Gasteiger partial charge in [0, 0.05) is 6.54 Å². The second-order valence-electron chi connectivity index (χ2n) is 3.22. The minimum Gasteiger partial charge on any atom is -0.481 e. The van der Waals surface area contributed by atoms with Crippen LogP contribution in [-0.2, 0) is 4.79 Å². The monoisotopic (exact) mass is 157 g/mol. The molecule has 1 rings (SSSR count). The van der Waals surface area contributed by atoms with Gasteiger partial charge in [-0.25, -0.2) is 0 Å². The highest BCUT2D eigenvalue weighted by Crippen LogP contribution is 2.29. The zero-order valence-electron chi connectivity index (χ0n) is 6.89. The van der Waals surface area contributed by atoms with Crippen LogP contribution in [0.3, 0.4) is 0 Å². The summed E-state index contributed by atoms with van der Waals surface area (Å²) in [7, 11) is 0. The molecular weight excluding hydrogens is 142 g/mol. The van der Waals surface area contributed by atoms with Gasteiger partial charge in [-0.2, -0.15) is 0 Å². The molecule has 11 heavy (non-hydrogen) atoms. The summed E-state index contributed by atoms with van der Waals surface area (Å²) in [5.41, 5.74) is -0.474. The molecule has 0 bridgehead atoms. The molecule has 0 radical (unpaired) electrons. The fraction of sp³-hybridized carbons (Fsp3) is 0.875. The number of carboxylic acids is 1. The topological polar surface area (TPSA) is 49.3 Å². The van der Waals surface area contributed by atoms with Gasteiger partial charge in [-0.3, -0.25) is 4.79 Å². The van der Waals surface area contributed by atoms with Gasteiger partial charge in [0.1, 0.15) is 0 Å². The summed E-state index contributed by atoms with van der Waals surface area (Å²) in [6.45, 7) is 3.55. The number of hydrogen-bond donors (Lipinski definition) is 2. The second kappa shape index (κ2) is 3.22. The number of rotatable bonds is 2. The lowest BCUT2D eigenvalue weighted by Crippen LogP contribution is -2.45. The molecule has 3 heteroatoms. The summed E-state index contributed by atoms with van der Waals surface area (Å²) in [6, 6.07) is 0. The van der Waals surface area contributed by atoms with Gasteiger partial charge in [0.2, 0.25) is 0 Å². The Bertz CT molecular complexity index is 150. The predicted molar refractivity (Wildman–Crippen MR) is 42.5 cm³/mol. The van der Waals surface area contributed by atoms with E-state index < -0.39 is 11.4 Å². The first-order chi connectivity index (χ1) is 5.21. The normalized spacial score (nSPS) is 31.7. The van der Waals surface area contributed by atoms with Crippen LogP contribution in [0.1, 0.15) is 26.2 Å². The molecule has 2 N–H and O–H groups in total. The van der Waals surface area contributed by atoms with Crippen LogP contribution in [0.15, 0.2) is 0 Å². The van der Waals surface area contributed by atoms with E-state index in [1.54, 1.807) is 0 Å². The minimum atomic E-state index is -0.646. The summed E-state index contributed by atoms with van der Waals surface area (Å²) in [4.78, 5) is 10.9. The highest BCUT2D eigenvalue weighted by atomic mass is 16.4. The number of aliphatic carboxylic acids is 1. The quantitative estimate of drug-likeness (QED) is 0.624. The van der Waals surface area contributed by atoms with Crippen LogP contribution in [0.5, 0.6) is 0 Å². The molecule has 1 fully saturated rings. The van der Waals surface area contributed by atoms with Crippen molar-refractivity contribution < 1.29 is 9.90 Å². The van der Waals surface area contributed by atoms with Crippen molar-refractivity contribution in [3.8, 4) is 0 Å².